The van der Waals surface area contributed by atoms with Gasteiger partial charge in [-0.15, -0.1) is 0 Å². The summed E-state index contributed by atoms with van der Waals surface area (Å²) in [6, 6.07) is 2.76. The number of pyridine rings is 1. The molecule has 1 aliphatic carbocycles. The number of aromatic nitrogens is 1. The highest BCUT2D eigenvalue weighted by Gasteiger charge is 2.53. The summed E-state index contributed by atoms with van der Waals surface area (Å²) < 4.78 is 0. The monoisotopic (exact) mass is 274 g/mol. The summed E-state index contributed by atoms with van der Waals surface area (Å²) in [5, 5.41) is 8.83. The number of hydrogen-bond donors (Lipinski definition) is 1. The molecular weight excluding hydrogens is 260 g/mol. The maximum Gasteiger partial charge on any atom is 0.337 e. The molecule has 3 rings (SSSR count). The Morgan fingerprint density at radius 1 is 1.25 bits per heavy atom. The Hall–Kier alpha value is -2.24. The van der Waals surface area contributed by atoms with Gasteiger partial charge in [-0.05, 0) is 25.0 Å². The molecule has 6 heteroatoms. The number of carboxylic acids is 1. The van der Waals surface area contributed by atoms with Gasteiger partial charge in [-0.25, -0.2) is 14.7 Å². The van der Waals surface area contributed by atoms with Crippen molar-refractivity contribution in [3.05, 3.63) is 23.9 Å². The molecule has 0 unspecified atom stereocenters. The van der Waals surface area contributed by atoms with Crippen LogP contribution in [-0.4, -0.2) is 27.9 Å². The number of carbonyl (C=O) groups is 3. The molecule has 1 N–H and O–H groups in total. The molecule has 2 amide bonds. The van der Waals surface area contributed by atoms with E-state index in [1.54, 1.807) is 0 Å². The van der Waals surface area contributed by atoms with Gasteiger partial charge in [0.2, 0.25) is 11.8 Å². The van der Waals surface area contributed by atoms with Crippen LogP contribution < -0.4 is 4.90 Å². The molecule has 2 fully saturated rings. The van der Waals surface area contributed by atoms with Crippen molar-refractivity contribution >= 4 is 23.6 Å². The minimum Gasteiger partial charge on any atom is -0.478 e. The van der Waals surface area contributed by atoms with E-state index in [0.29, 0.717) is 0 Å². The van der Waals surface area contributed by atoms with Crippen LogP contribution in [0.5, 0.6) is 0 Å². The highest BCUT2D eigenvalue weighted by Crippen LogP contribution is 2.47. The van der Waals surface area contributed by atoms with Crippen LogP contribution in [0.25, 0.3) is 0 Å². The van der Waals surface area contributed by atoms with Crippen molar-refractivity contribution in [3.8, 4) is 0 Å². The van der Waals surface area contributed by atoms with Gasteiger partial charge in [-0.2, -0.15) is 0 Å². The highest BCUT2D eigenvalue weighted by molar-refractivity contribution is 6.22. The van der Waals surface area contributed by atoms with E-state index in [1.807, 2.05) is 0 Å². The van der Waals surface area contributed by atoms with Gasteiger partial charge in [0.05, 0.1) is 11.0 Å². The minimum atomic E-state index is -1.09. The predicted molar refractivity (Wildman–Crippen MR) is 69.2 cm³/mol. The van der Waals surface area contributed by atoms with Gasteiger partial charge in [0.15, 0.2) is 0 Å². The van der Waals surface area contributed by atoms with Crippen molar-refractivity contribution in [1.82, 2.24) is 4.98 Å². The molecule has 1 aliphatic heterocycles. The van der Waals surface area contributed by atoms with Crippen LogP contribution in [0.3, 0.4) is 0 Å². The molecular formula is C14H14N2O4. The average Bonchev–Trinajstić information content (AvgIpc) is 2.97. The summed E-state index contributed by atoms with van der Waals surface area (Å²) in [4.78, 5) is 40.4. The molecule has 0 atom stereocenters. The second kappa shape index (κ2) is 4.40. The Bertz CT molecular complexity index is 588. The predicted octanol–water partition coefficient (Wildman–Crippen LogP) is 1.60. The van der Waals surface area contributed by atoms with E-state index >= 15 is 0 Å². The lowest BCUT2D eigenvalue weighted by Gasteiger charge is -2.20. The van der Waals surface area contributed by atoms with Gasteiger partial charge < -0.3 is 5.11 Å². The Morgan fingerprint density at radius 3 is 2.50 bits per heavy atom. The number of aromatic carboxylic acids is 1. The Morgan fingerprint density at radius 2 is 1.95 bits per heavy atom. The van der Waals surface area contributed by atoms with Crippen LogP contribution in [0, 0.1) is 5.41 Å². The molecule has 1 saturated heterocycles. The Labute approximate surface area is 115 Å². The first-order valence-corrected chi connectivity index (χ1v) is 6.60. The van der Waals surface area contributed by atoms with Crippen LogP contribution in [0.2, 0.25) is 0 Å². The van der Waals surface area contributed by atoms with E-state index in [4.69, 9.17) is 5.11 Å². The lowest BCUT2D eigenvalue weighted by atomic mass is 9.84. The number of rotatable bonds is 2. The molecule has 104 valence electrons. The standard InChI is InChI=1S/C14H14N2O4/c17-11-7-14(5-1-2-6-14)13(20)16(11)10-4-3-9(8-15-10)12(18)19/h3-4,8H,1-2,5-7H2,(H,18,19). The van der Waals surface area contributed by atoms with Gasteiger partial charge in [-0.1, -0.05) is 12.8 Å². The SMILES string of the molecule is O=C(O)c1ccc(N2C(=O)CC3(CCCC3)C2=O)nc1. The maximum absolute atomic E-state index is 12.5. The summed E-state index contributed by atoms with van der Waals surface area (Å²) in [7, 11) is 0. The fraction of sp³-hybridized carbons (Fsp3) is 0.429. The van der Waals surface area contributed by atoms with Crippen molar-refractivity contribution in [2.45, 2.75) is 32.1 Å². The molecule has 2 aliphatic rings. The Balaban J connectivity index is 1.92. The number of anilines is 1. The topological polar surface area (TPSA) is 87.6 Å². The number of amides is 2. The smallest absolute Gasteiger partial charge is 0.337 e. The minimum absolute atomic E-state index is 0.0309. The Kier molecular flexibility index (Phi) is 2.81. The van der Waals surface area contributed by atoms with Crippen LogP contribution in [0.15, 0.2) is 18.3 Å². The van der Waals surface area contributed by atoms with Crippen molar-refractivity contribution in [1.29, 1.82) is 0 Å². The first-order valence-electron chi connectivity index (χ1n) is 6.60. The van der Waals surface area contributed by atoms with E-state index in [1.165, 1.54) is 12.1 Å². The maximum atomic E-state index is 12.5. The second-order valence-corrected chi connectivity index (χ2v) is 5.41. The summed E-state index contributed by atoms with van der Waals surface area (Å²) in [5.41, 5.74) is -0.507. The van der Waals surface area contributed by atoms with Crippen molar-refractivity contribution in [2.24, 2.45) is 5.41 Å². The normalized spacial score (nSPS) is 20.9. The molecule has 1 saturated carbocycles. The summed E-state index contributed by atoms with van der Waals surface area (Å²) in [5.74, 6) is -1.30. The zero-order valence-electron chi connectivity index (χ0n) is 10.8. The highest BCUT2D eigenvalue weighted by atomic mass is 16.4. The molecule has 0 aromatic carbocycles. The van der Waals surface area contributed by atoms with Crippen molar-refractivity contribution < 1.29 is 19.5 Å². The number of hydrogen-bond acceptors (Lipinski definition) is 4. The van der Waals surface area contributed by atoms with Gasteiger partial charge in [0, 0.05) is 12.6 Å². The third kappa shape index (κ3) is 1.79. The molecule has 1 aromatic heterocycles. The molecule has 2 heterocycles. The van der Waals surface area contributed by atoms with Crippen molar-refractivity contribution in [3.63, 3.8) is 0 Å². The van der Waals surface area contributed by atoms with Crippen LogP contribution in [-0.2, 0) is 9.59 Å². The number of imide groups is 1. The number of nitrogens with zero attached hydrogens (tertiary/aromatic N) is 2. The zero-order chi connectivity index (χ0) is 14.3. The molecule has 0 bridgehead atoms. The van der Waals surface area contributed by atoms with E-state index < -0.39 is 11.4 Å². The second-order valence-electron chi connectivity index (χ2n) is 5.41. The van der Waals surface area contributed by atoms with Crippen molar-refractivity contribution in [2.75, 3.05) is 4.90 Å². The van der Waals surface area contributed by atoms with Crippen LogP contribution in [0.1, 0.15) is 42.5 Å². The fourth-order valence-electron chi connectivity index (χ4n) is 3.11. The summed E-state index contributed by atoms with van der Waals surface area (Å²) >= 11 is 0. The van der Waals surface area contributed by atoms with Gasteiger partial charge in [0.25, 0.3) is 0 Å². The van der Waals surface area contributed by atoms with Gasteiger partial charge >= 0.3 is 5.97 Å². The third-order valence-corrected chi connectivity index (χ3v) is 4.18. The molecule has 20 heavy (non-hydrogen) atoms. The number of carboxylic acid groups (broad SMARTS) is 1. The first kappa shape index (κ1) is 12.8. The zero-order valence-corrected chi connectivity index (χ0v) is 10.8. The first-order chi connectivity index (χ1) is 9.53. The lowest BCUT2D eigenvalue weighted by molar-refractivity contribution is -0.125. The van der Waals surface area contributed by atoms with Crippen LogP contribution >= 0.6 is 0 Å². The summed E-state index contributed by atoms with van der Waals surface area (Å²) in [6.07, 6.45) is 4.85. The van der Waals surface area contributed by atoms with E-state index in [2.05, 4.69) is 4.98 Å². The largest absolute Gasteiger partial charge is 0.478 e. The third-order valence-electron chi connectivity index (χ3n) is 4.18. The van der Waals surface area contributed by atoms with E-state index in [-0.39, 0.29) is 29.6 Å². The lowest BCUT2D eigenvalue weighted by Crippen LogP contribution is -2.35. The molecule has 1 aromatic rings. The van der Waals surface area contributed by atoms with Gasteiger partial charge in [0.1, 0.15) is 5.82 Å². The van der Waals surface area contributed by atoms with Crippen LogP contribution in [0.4, 0.5) is 5.82 Å². The van der Waals surface area contributed by atoms with E-state index in [0.717, 1.165) is 36.8 Å². The number of carbonyl (C=O) groups excluding carboxylic acids is 2. The summed E-state index contributed by atoms with van der Waals surface area (Å²) in [6.45, 7) is 0. The fourth-order valence-corrected chi connectivity index (χ4v) is 3.11. The molecule has 0 radical (unpaired) electrons. The quantitative estimate of drug-likeness (QED) is 0.828. The average molecular weight is 274 g/mol. The molecule has 6 nitrogen and oxygen atoms in total. The van der Waals surface area contributed by atoms with E-state index in [9.17, 15) is 14.4 Å². The van der Waals surface area contributed by atoms with Gasteiger partial charge in [-0.3, -0.25) is 9.59 Å². The molecule has 1 spiro atoms.